The Morgan fingerprint density at radius 2 is 0.812 bits per heavy atom. The van der Waals surface area contributed by atoms with Gasteiger partial charge in [0.15, 0.2) is 0 Å². The molecule has 0 aromatic rings. The molecule has 0 heterocycles. The molecule has 0 aromatic heterocycles. The number of unbranched alkanes of at least 4 members (excludes halogenated alkanes) is 31. The van der Waals surface area contributed by atoms with Gasteiger partial charge in [-0.15, -0.1) is 0 Å². The van der Waals surface area contributed by atoms with Gasteiger partial charge in [-0.2, -0.15) is 0 Å². The van der Waals surface area contributed by atoms with E-state index in [0.29, 0.717) is 6.42 Å². The molecule has 0 rings (SSSR count). The van der Waals surface area contributed by atoms with Gasteiger partial charge in [-0.05, 0) is 19.3 Å². The average molecular weight is 680 g/mol. The van der Waals surface area contributed by atoms with E-state index in [0.717, 1.165) is 32.1 Å². The van der Waals surface area contributed by atoms with Crippen molar-refractivity contribution in [1.29, 1.82) is 0 Å². The SMILES string of the molecule is CCCCCCCCCCCCCCCC/C=C/C(O)C(CO)NC(=O)C(O)CCCCCCCCCCCCCCCCCCCC. The predicted octanol–water partition coefficient (Wildman–Crippen LogP) is 12.0. The van der Waals surface area contributed by atoms with Crippen LogP contribution in [0.3, 0.4) is 0 Å². The van der Waals surface area contributed by atoms with Crippen LogP contribution < -0.4 is 5.32 Å². The van der Waals surface area contributed by atoms with Crippen molar-refractivity contribution in [2.45, 2.75) is 250 Å². The van der Waals surface area contributed by atoms with Crippen molar-refractivity contribution >= 4 is 5.91 Å². The highest BCUT2D eigenvalue weighted by Crippen LogP contribution is 2.16. The summed E-state index contributed by atoms with van der Waals surface area (Å²) in [7, 11) is 0. The minimum atomic E-state index is -1.09. The molecule has 0 saturated carbocycles. The van der Waals surface area contributed by atoms with Crippen LogP contribution in [-0.2, 0) is 4.79 Å². The largest absolute Gasteiger partial charge is 0.394 e. The fourth-order valence-corrected chi connectivity index (χ4v) is 6.71. The van der Waals surface area contributed by atoms with Crippen molar-refractivity contribution in [2.24, 2.45) is 0 Å². The van der Waals surface area contributed by atoms with Gasteiger partial charge in [0.05, 0.1) is 18.8 Å². The Morgan fingerprint density at radius 3 is 1.15 bits per heavy atom. The van der Waals surface area contributed by atoms with Crippen LogP contribution in [0.2, 0.25) is 0 Å². The van der Waals surface area contributed by atoms with Gasteiger partial charge in [-0.25, -0.2) is 0 Å². The van der Waals surface area contributed by atoms with Gasteiger partial charge >= 0.3 is 0 Å². The van der Waals surface area contributed by atoms with Crippen molar-refractivity contribution in [3.05, 3.63) is 12.2 Å². The quantitative estimate of drug-likeness (QED) is 0.0384. The molecule has 0 radical (unpaired) electrons. The van der Waals surface area contributed by atoms with E-state index in [1.165, 1.54) is 180 Å². The van der Waals surface area contributed by atoms with Crippen molar-refractivity contribution in [2.75, 3.05) is 6.61 Å². The smallest absolute Gasteiger partial charge is 0.249 e. The number of allylic oxidation sites excluding steroid dienone is 1. The molecule has 4 N–H and O–H groups in total. The molecule has 5 heteroatoms. The highest BCUT2D eigenvalue weighted by molar-refractivity contribution is 5.80. The third kappa shape index (κ3) is 33.6. The van der Waals surface area contributed by atoms with Crippen LogP contribution >= 0.6 is 0 Å². The molecule has 0 fully saturated rings. The third-order valence-corrected chi connectivity index (χ3v) is 10.1. The molecule has 0 aliphatic heterocycles. The summed E-state index contributed by atoms with van der Waals surface area (Å²) in [6, 6.07) is -0.792. The number of nitrogens with one attached hydrogen (secondary N) is 1. The van der Waals surface area contributed by atoms with E-state index in [1.807, 2.05) is 6.08 Å². The number of hydrogen-bond donors (Lipinski definition) is 4. The molecule has 0 spiro atoms. The summed E-state index contributed by atoms with van der Waals surface area (Å²) < 4.78 is 0. The highest BCUT2D eigenvalue weighted by atomic mass is 16.3. The third-order valence-electron chi connectivity index (χ3n) is 10.1. The number of aliphatic hydroxyl groups excluding tert-OH is 3. The minimum Gasteiger partial charge on any atom is -0.394 e. The molecule has 1 amide bonds. The molecule has 3 atom stereocenters. The average Bonchev–Trinajstić information content (AvgIpc) is 3.09. The molecule has 5 nitrogen and oxygen atoms in total. The molecule has 0 aliphatic carbocycles. The lowest BCUT2D eigenvalue weighted by atomic mass is 10.0. The molecular weight excluding hydrogens is 594 g/mol. The lowest BCUT2D eigenvalue weighted by Crippen LogP contribution is -2.48. The van der Waals surface area contributed by atoms with Gasteiger partial charge in [0, 0.05) is 0 Å². The maximum atomic E-state index is 12.4. The summed E-state index contributed by atoms with van der Waals surface area (Å²) in [5.41, 5.74) is 0. The van der Waals surface area contributed by atoms with E-state index in [9.17, 15) is 20.1 Å². The van der Waals surface area contributed by atoms with Crippen molar-refractivity contribution in [1.82, 2.24) is 5.32 Å². The summed E-state index contributed by atoms with van der Waals surface area (Å²) in [5.74, 6) is -0.500. The Bertz CT molecular complexity index is 669. The van der Waals surface area contributed by atoms with Crippen molar-refractivity contribution in [3.63, 3.8) is 0 Å². The highest BCUT2D eigenvalue weighted by Gasteiger charge is 2.22. The molecule has 0 bridgehead atoms. The van der Waals surface area contributed by atoms with Crippen LogP contribution in [0.15, 0.2) is 12.2 Å². The Morgan fingerprint density at radius 1 is 0.500 bits per heavy atom. The van der Waals surface area contributed by atoms with Crippen LogP contribution in [0, 0.1) is 0 Å². The topological polar surface area (TPSA) is 89.8 Å². The van der Waals surface area contributed by atoms with E-state index in [1.54, 1.807) is 6.08 Å². The lowest BCUT2D eigenvalue weighted by Gasteiger charge is -2.21. The van der Waals surface area contributed by atoms with Crippen LogP contribution in [0.4, 0.5) is 0 Å². The number of carbonyl (C=O) groups excluding carboxylic acids is 1. The van der Waals surface area contributed by atoms with E-state index in [4.69, 9.17) is 0 Å². The van der Waals surface area contributed by atoms with Gasteiger partial charge < -0.3 is 20.6 Å². The predicted molar refractivity (Wildman–Crippen MR) is 208 cm³/mol. The monoisotopic (exact) mass is 680 g/mol. The maximum absolute atomic E-state index is 12.4. The minimum absolute atomic E-state index is 0.359. The molecule has 48 heavy (non-hydrogen) atoms. The van der Waals surface area contributed by atoms with Crippen LogP contribution in [0.1, 0.15) is 232 Å². The van der Waals surface area contributed by atoms with Crippen LogP contribution in [0.5, 0.6) is 0 Å². The van der Waals surface area contributed by atoms with Crippen molar-refractivity contribution < 1.29 is 20.1 Å². The fraction of sp³-hybridized carbons (Fsp3) is 0.930. The number of amides is 1. The normalized spacial score (nSPS) is 13.7. The van der Waals surface area contributed by atoms with Gasteiger partial charge in [-0.3, -0.25) is 4.79 Å². The molecule has 0 aromatic carbocycles. The molecule has 286 valence electrons. The number of rotatable bonds is 39. The zero-order valence-electron chi connectivity index (χ0n) is 32.4. The van der Waals surface area contributed by atoms with E-state index < -0.39 is 24.2 Å². The summed E-state index contributed by atoms with van der Waals surface area (Å²) >= 11 is 0. The fourth-order valence-electron chi connectivity index (χ4n) is 6.71. The van der Waals surface area contributed by atoms with Gasteiger partial charge in [-0.1, -0.05) is 225 Å². The maximum Gasteiger partial charge on any atom is 0.249 e. The number of carbonyl (C=O) groups is 1. The zero-order chi connectivity index (χ0) is 35.2. The Labute approximate surface area is 299 Å². The van der Waals surface area contributed by atoms with Gasteiger partial charge in [0.25, 0.3) is 0 Å². The Hall–Kier alpha value is -0.910. The summed E-state index contributed by atoms with van der Waals surface area (Å²) in [4.78, 5) is 12.4. The molecular formula is C43H85NO4. The first-order valence-electron chi connectivity index (χ1n) is 21.5. The molecule has 0 saturated heterocycles. The first kappa shape index (κ1) is 47.1. The number of hydrogen-bond acceptors (Lipinski definition) is 4. The first-order valence-corrected chi connectivity index (χ1v) is 21.5. The van der Waals surface area contributed by atoms with Crippen LogP contribution in [0.25, 0.3) is 0 Å². The second-order valence-electron chi connectivity index (χ2n) is 14.9. The van der Waals surface area contributed by atoms with Crippen molar-refractivity contribution in [3.8, 4) is 0 Å². The molecule has 3 unspecified atom stereocenters. The molecule has 0 aliphatic rings. The van der Waals surface area contributed by atoms with E-state index in [-0.39, 0.29) is 6.61 Å². The Balaban J connectivity index is 3.65. The summed E-state index contributed by atoms with van der Waals surface area (Å²) in [5, 5.41) is 33.1. The van der Waals surface area contributed by atoms with Gasteiger partial charge in [0.2, 0.25) is 5.91 Å². The summed E-state index contributed by atoms with van der Waals surface area (Å²) in [6.45, 7) is 4.19. The standard InChI is InChI=1S/C43H85NO4/c1-3-5-7-9-11-13-15-17-19-21-22-24-26-28-30-32-34-36-38-42(47)43(48)44-40(39-45)41(46)37-35-33-31-29-27-25-23-20-18-16-14-12-10-8-6-4-2/h35,37,40-42,45-47H,3-34,36,38-39H2,1-2H3,(H,44,48)/b37-35+. The van der Waals surface area contributed by atoms with E-state index in [2.05, 4.69) is 19.2 Å². The number of aliphatic hydroxyl groups is 3. The van der Waals surface area contributed by atoms with Crippen LogP contribution in [-0.4, -0.2) is 46.1 Å². The summed E-state index contributed by atoms with van der Waals surface area (Å²) in [6.07, 6.45) is 45.2. The Kier molecular flexibility index (Phi) is 38.1. The zero-order valence-corrected chi connectivity index (χ0v) is 32.4. The van der Waals surface area contributed by atoms with E-state index >= 15 is 0 Å². The van der Waals surface area contributed by atoms with Gasteiger partial charge in [0.1, 0.15) is 6.10 Å². The lowest BCUT2D eigenvalue weighted by molar-refractivity contribution is -0.131. The second-order valence-corrected chi connectivity index (χ2v) is 14.9. The second kappa shape index (κ2) is 38.9. The first-order chi connectivity index (χ1) is 23.6.